The third-order valence-electron chi connectivity index (χ3n) is 11.2. The molecule has 31 nitrogen and oxygen atoms in total. The van der Waals surface area contributed by atoms with Crippen molar-refractivity contribution in [3.63, 3.8) is 0 Å². The van der Waals surface area contributed by atoms with Crippen molar-refractivity contribution in [2.75, 3.05) is 13.2 Å². The van der Waals surface area contributed by atoms with Crippen LogP contribution in [-0.2, 0) is 71.4 Å². The third kappa shape index (κ3) is 23.1. The molecule has 0 unspecified atom stereocenters. The molecule has 0 saturated carbocycles. The van der Waals surface area contributed by atoms with Gasteiger partial charge in [-0.25, -0.2) is 9.36 Å². The van der Waals surface area contributed by atoms with Gasteiger partial charge in [0, 0.05) is 25.8 Å². The molecule has 0 radical (unpaired) electrons. The van der Waals surface area contributed by atoms with Gasteiger partial charge in [0.05, 0.1) is 19.1 Å². The van der Waals surface area contributed by atoms with Crippen molar-refractivity contribution < 1.29 is 102 Å². The molecule has 1 rings (SSSR count). The second-order valence-electron chi connectivity index (χ2n) is 17.5. The summed E-state index contributed by atoms with van der Waals surface area (Å²) >= 11 is 0. The molecule has 1 fully saturated rings. The smallest absolute Gasteiger partial charge is 0.469 e. The first-order chi connectivity index (χ1) is 33.8. The van der Waals surface area contributed by atoms with Crippen LogP contribution in [-0.4, -0.2) is 180 Å². The van der Waals surface area contributed by atoms with E-state index in [0.29, 0.717) is 6.42 Å². The largest absolute Gasteiger partial charge is 0.481 e. The van der Waals surface area contributed by atoms with E-state index in [4.69, 9.17) is 21.7 Å². The van der Waals surface area contributed by atoms with Gasteiger partial charge in [-0.15, -0.1) is 0 Å². The van der Waals surface area contributed by atoms with Crippen LogP contribution in [0.1, 0.15) is 98.8 Å². The Morgan fingerprint density at radius 1 is 0.630 bits per heavy atom. The maximum atomic E-state index is 14.1. The molecule has 32 heteroatoms. The van der Waals surface area contributed by atoms with Gasteiger partial charge in [-0.2, -0.15) is 0 Å². The lowest BCUT2D eigenvalue weighted by Crippen LogP contribution is -2.61. The maximum absolute atomic E-state index is 14.1. The van der Waals surface area contributed by atoms with E-state index < -0.39 is 196 Å². The molecule has 17 N–H and O–H groups in total. The Bertz CT molecular complexity index is 2110. The molecule has 0 aromatic carbocycles. The normalized spacial score (nSPS) is 17.1. The van der Waals surface area contributed by atoms with Gasteiger partial charge in [-0.1, -0.05) is 34.1 Å². The van der Waals surface area contributed by atoms with Crippen molar-refractivity contribution in [2.45, 2.75) is 153 Å². The summed E-state index contributed by atoms with van der Waals surface area (Å²) in [5, 5.41) is 52.1. The zero-order chi connectivity index (χ0) is 56.1. The van der Waals surface area contributed by atoms with Gasteiger partial charge in [0.25, 0.3) is 0 Å². The van der Waals surface area contributed by atoms with Crippen LogP contribution >= 0.6 is 7.82 Å². The number of primary amides is 1. The highest BCUT2D eigenvalue weighted by Gasteiger charge is 2.42. The highest BCUT2D eigenvalue weighted by atomic mass is 31.2. The summed E-state index contributed by atoms with van der Waals surface area (Å²) < 4.78 is 16.1. The van der Waals surface area contributed by atoms with E-state index in [2.05, 4.69) is 31.1 Å². The molecule has 73 heavy (non-hydrogen) atoms. The van der Waals surface area contributed by atoms with E-state index in [1.807, 2.05) is 10.6 Å². The standard InChI is InChI=1S/C41H67N10O21P/c1-6-19(4)32(50-34(60)21(42)9-12-28(53)54)39(65)49-31(18(2)3)40(66)51-15-7-8-26(51)38(64)47-24(16-27(43)52)36(62)48-25(17-72-73(69,70)71)37(63)44-20(5)33(59)45-22(10-13-29(55)56)35(61)46-23(41(67)68)11-14-30(57)58/h18-26,31-32H,6-17,42H2,1-5H3,(H2,43,52)(H,44,63)(H,45,59)(H,46,61)(H,47,64)(H,48,62)(H,49,65)(H,50,60)(H,53,54)(H,55,56)(H,57,58)(H,67,68)(H2,69,70,71)/t19-,20-,21-,22-,23-,24-,25-,26-,31-,32-/m0/s1. The first-order valence-corrected chi connectivity index (χ1v) is 24.4. The van der Waals surface area contributed by atoms with E-state index >= 15 is 0 Å². The number of phosphoric acid groups is 1. The number of hydrogen-bond acceptors (Lipinski definition) is 16. The molecule has 1 saturated heterocycles. The highest BCUT2D eigenvalue weighted by molar-refractivity contribution is 7.46. The SMILES string of the molecule is CC[C@H](C)[C@H](NC(=O)[C@@H](N)CCC(=O)O)C(=O)N[C@H](C(=O)N1CCC[C@H]1C(=O)N[C@@H](CC(N)=O)C(=O)N[C@@H](COP(=O)(O)O)C(=O)N[C@@H](C)C(=O)N[C@@H](CCC(=O)O)C(=O)N[C@@H](CCC(=O)O)C(=O)O)C(C)C. The Labute approximate surface area is 417 Å². The van der Waals surface area contributed by atoms with Gasteiger partial charge in [0.15, 0.2) is 0 Å². The number of likely N-dealkylation sites (tertiary alicyclic amines) is 1. The van der Waals surface area contributed by atoms with Crippen molar-refractivity contribution >= 4 is 84.9 Å². The minimum Gasteiger partial charge on any atom is -0.481 e. The number of carboxylic acid groups (broad SMARTS) is 4. The van der Waals surface area contributed by atoms with Gasteiger partial charge in [-0.3, -0.25) is 62.1 Å². The van der Waals surface area contributed by atoms with Gasteiger partial charge >= 0.3 is 31.7 Å². The quantitative estimate of drug-likeness (QED) is 0.0274. The number of carboxylic acids is 4. The van der Waals surface area contributed by atoms with Crippen LogP contribution in [0.2, 0.25) is 0 Å². The molecule has 0 aliphatic carbocycles. The highest BCUT2D eigenvalue weighted by Crippen LogP contribution is 2.35. The summed E-state index contributed by atoms with van der Waals surface area (Å²) in [6, 6.07) is -14.6. The topological polar surface area (TPSA) is 509 Å². The molecular weight excluding hydrogens is 999 g/mol. The van der Waals surface area contributed by atoms with Gasteiger partial charge in [0.1, 0.15) is 48.3 Å². The predicted octanol–water partition coefficient (Wildman–Crippen LogP) is -4.92. The van der Waals surface area contributed by atoms with Crippen molar-refractivity contribution in [2.24, 2.45) is 23.3 Å². The minimum atomic E-state index is -5.41. The number of carbonyl (C=O) groups is 13. The number of hydrogen-bond donors (Lipinski definition) is 15. The summed E-state index contributed by atoms with van der Waals surface area (Å²) in [6.45, 7) is 6.18. The number of carbonyl (C=O) groups excluding carboxylic acids is 9. The van der Waals surface area contributed by atoms with E-state index in [9.17, 15) is 86.9 Å². The van der Waals surface area contributed by atoms with Gasteiger partial charge in [-0.05, 0) is 50.9 Å². The first kappa shape index (κ1) is 64.2. The molecule has 1 aliphatic heterocycles. The number of nitrogens with one attached hydrogen (secondary N) is 7. The summed E-state index contributed by atoms with van der Waals surface area (Å²) in [7, 11) is -5.41. The molecule has 1 aliphatic rings. The number of rotatable bonds is 33. The van der Waals surface area contributed by atoms with Crippen molar-refractivity contribution in [1.82, 2.24) is 42.1 Å². The molecule has 0 spiro atoms. The van der Waals surface area contributed by atoms with Crippen LogP contribution in [0.15, 0.2) is 0 Å². The second-order valence-corrected chi connectivity index (χ2v) is 18.7. The van der Waals surface area contributed by atoms with Crippen LogP contribution in [0.3, 0.4) is 0 Å². The Hall–Kier alpha value is -6.82. The summed E-state index contributed by atoms with van der Waals surface area (Å²) in [4.78, 5) is 185. The Kier molecular flexibility index (Phi) is 26.6. The lowest BCUT2D eigenvalue weighted by Gasteiger charge is -2.33. The zero-order valence-electron chi connectivity index (χ0n) is 40.7. The van der Waals surface area contributed by atoms with E-state index in [1.54, 1.807) is 27.7 Å². The second kappa shape index (κ2) is 30.3. The van der Waals surface area contributed by atoms with Crippen molar-refractivity contribution in [1.29, 1.82) is 0 Å². The van der Waals surface area contributed by atoms with Crippen LogP contribution in [0, 0.1) is 11.8 Å². The summed E-state index contributed by atoms with van der Waals surface area (Å²) in [6.07, 6.45) is -3.71. The molecule has 0 bridgehead atoms. The first-order valence-electron chi connectivity index (χ1n) is 22.8. The van der Waals surface area contributed by atoms with Gasteiger partial charge in [0.2, 0.25) is 53.2 Å². The number of nitrogens with zero attached hydrogens (tertiary/aromatic N) is 1. The fourth-order valence-electron chi connectivity index (χ4n) is 6.93. The van der Waals surface area contributed by atoms with E-state index in [1.165, 1.54) is 0 Å². The number of phosphoric ester groups is 1. The lowest BCUT2D eigenvalue weighted by molar-refractivity contribution is -0.144. The van der Waals surface area contributed by atoms with Crippen LogP contribution in [0.5, 0.6) is 0 Å². The average Bonchev–Trinajstić information content (AvgIpc) is 3.79. The van der Waals surface area contributed by atoms with E-state index in [0.717, 1.165) is 11.8 Å². The predicted molar refractivity (Wildman–Crippen MR) is 246 cm³/mol. The van der Waals surface area contributed by atoms with Crippen molar-refractivity contribution in [3.8, 4) is 0 Å². The Morgan fingerprint density at radius 2 is 1.12 bits per heavy atom. The van der Waals surface area contributed by atoms with Crippen LogP contribution in [0.25, 0.3) is 0 Å². The molecule has 0 aromatic heterocycles. The molecule has 412 valence electrons. The fourth-order valence-corrected chi connectivity index (χ4v) is 7.27. The third-order valence-corrected chi connectivity index (χ3v) is 11.7. The number of aliphatic carboxylic acids is 4. The average molecular weight is 1070 g/mol. The molecule has 10 atom stereocenters. The molecule has 1 heterocycles. The lowest BCUT2D eigenvalue weighted by atomic mass is 9.95. The van der Waals surface area contributed by atoms with Crippen molar-refractivity contribution in [3.05, 3.63) is 0 Å². The Balaban J connectivity index is 3.35. The summed E-state index contributed by atoms with van der Waals surface area (Å²) in [5.41, 5.74) is 11.2. The van der Waals surface area contributed by atoms with Crippen LogP contribution in [0.4, 0.5) is 0 Å². The maximum Gasteiger partial charge on any atom is 0.469 e. The molecule has 0 aromatic rings. The van der Waals surface area contributed by atoms with Crippen LogP contribution < -0.4 is 48.7 Å². The Morgan fingerprint density at radius 3 is 1.63 bits per heavy atom. The minimum absolute atomic E-state index is 0.00811. The number of amides is 9. The molecule has 9 amide bonds. The number of nitrogens with two attached hydrogens (primary N) is 2. The van der Waals surface area contributed by atoms with Gasteiger partial charge < -0.3 is 83.8 Å². The fraction of sp³-hybridized carbons (Fsp3) is 0.683. The van der Waals surface area contributed by atoms with E-state index in [-0.39, 0.29) is 25.8 Å². The zero-order valence-corrected chi connectivity index (χ0v) is 41.6. The monoisotopic (exact) mass is 1070 g/mol. The molecular formula is C41H67N10O21P. The summed E-state index contributed by atoms with van der Waals surface area (Å²) in [5.74, 6) is -16.7.